The van der Waals surface area contributed by atoms with Gasteiger partial charge in [-0.25, -0.2) is 0 Å². The summed E-state index contributed by atoms with van der Waals surface area (Å²) in [6, 6.07) is 13.6. The Hall–Kier alpha value is -2.53. The zero-order chi connectivity index (χ0) is 19.5. The standard InChI is InChI=1S/C23H28N2O3/c1-16(2)17-6-9-19(10-7-17)24-23(26)22(25-12-4-3-5-13-25)18-8-11-20-21(14-18)28-15-27-20/h6-11,14,16,22H,3-5,12-13,15H2,1-2H3,(H,24,26)/t22-/m1/s1. The summed E-state index contributed by atoms with van der Waals surface area (Å²) in [7, 11) is 0. The van der Waals surface area contributed by atoms with Gasteiger partial charge in [0.05, 0.1) is 0 Å². The van der Waals surface area contributed by atoms with E-state index < -0.39 is 0 Å². The highest BCUT2D eigenvalue weighted by molar-refractivity contribution is 5.95. The van der Waals surface area contributed by atoms with Gasteiger partial charge in [-0.2, -0.15) is 0 Å². The van der Waals surface area contributed by atoms with Gasteiger partial charge in [-0.3, -0.25) is 9.69 Å². The quantitative estimate of drug-likeness (QED) is 0.817. The summed E-state index contributed by atoms with van der Waals surface area (Å²) < 4.78 is 11.0. The Morgan fingerprint density at radius 3 is 2.32 bits per heavy atom. The third-order valence-electron chi connectivity index (χ3n) is 5.56. The monoisotopic (exact) mass is 380 g/mol. The van der Waals surface area contributed by atoms with Crippen LogP contribution in [0.4, 0.5) is 5.69 Å². The summed E-state index contributed by atoms with van der Waals surface area (Å²) in [5.74, 6) is 1.93. The molecule has 0 aliphatic carbocycles. The molecule has 0 spiro atoms. The zero-order valence-electron chi connectivity index (χ0n) is 16.6. The number of hydrogen-bond acceptors (Lipinski definition) is 4. The maximum Gasteiger partial charge on any atom is 0.246 e. The fraction of sp³-hybridized carbons (Fsp3) is 0.435. The predicted octanol–water partition coefficient (Wildman–Crippen LogP) is 4.70. The van der Waals surface area contributed by atoms with Gasteiger partial charge in [-0.15, -0.1) is 0 Å². The average Bonchev–Trinajstić information content (AvgIpc) is 3.17. The summed E-state index contributed by atoms with van der Waals surface area (Å²) in [5.41, 5.74) is 3.04. The van der Waals surface area contributed by atoms with E-state index >= 15 is 0 Å². The number of nitrogens with zero attached hydrogens (tertiary/aromatic N) is 1. The van der Waals surface area contributed by atoms with Crippen LogP contribution in [0.25, 0.3) is 0 Å². The van der Waals surface area contributed by atoms with Crippen LogP contribution in [-0.2, 0) is 4.79 Å². The molecule has 0 aromatic heterocycles. The fourth-order valence-corrected chi connectivity index (χ4v) is 3.95. The first-order valence-corrected chi connectivity index (χ1v) is 10.2. The minimum Gasteiger partial charge on any atom is -0.454 e. The first-order chi connectivity index (χ1) is 13.6. The maximum atomic E-state index is 13.3. The molecule has 5 nitrogen and oxygen atoms in total. The van der Waals surface area contributed by atoms with Crippen molar-refractivity contribution in [2.75, 3.05) is 25.2 Å². The van der Waals surface area contributed by atoms with E-state index in [4.69, 9.17) is 9.47 Å². The van der Waals surface area contributed by atoms with E-state index in [9.17, 15) is 4.79 Å². The molecule has 0 unspecified atom stereocenters. The van der Waals surface area contributed by atoms with Crippen LogP contribution in [0.3, 0.4) is 0 Å². The molecule has 1 saturated heterocycles. The van der Waals surface area contributed by atoms with Gasteiger partial charge < -0.3 is 14.8 Å². The summed E-state index contributed by atoms with van der Waals surface area (Å²) in [6.45, 7) is 6.43. The van der Waals surface area contributed by atoms with E-state index in [0.29, 0.717) is 11.7 Å². The van der Waals surface area contributed by atoms with E-state index in [-0.39, 0.29) is 18.7 Å². The minimum absolute atomic E-state index is 0.00179. The minimum atomic E-state index is -0.334. The van der Waals surface area contributed by atoms with Crippen LogP contribution in [0.5, 0.6) is 11.5 Å². The molecule has 0 radical (unpaired) electrons. The topological polar surface area (TPSA) is 50.8 Å². The van der Waals surface area contributed by atoms with Crippen LogP contribution in [-0.4, -0.2) is 30.7 Å². The van der Waals surface area contributed by atoms with Crippen molar-refractivity contribution < 1.29 is 14.3 Å². The van der Waals surface area contributed by atoms with Gasteiger partial charge in [0, 0.05) is 5.69 Å². The smallest absolute Gasteiger partial charge is 0.246 e. The second-order valence-corrected chi connectivity index (χ2v) is 7.88. The third kappa shape index (κ3) is 3.99. The molecule has 2 aromatic rings. The molecule has 0 bridgehead atoms. The van der Waals surface area contributed by atoms with E-state index in [1.165, 1.54) is 12.0 Å². The van der Waals surface area contributed by atoms with Crippen molar-refractivity contribution in [2.45, 2.75) is 45.1 Å². The number of piperidine rings is 1. The van der Waals surface area contributed by atoms with Crippen LogP contribution < -0.4 is 14.8 Å². The molecule has 148 valence electrons. The highest BCUT2D eigenvalue weighted by Crippen LogP contribution is 2.36. The predicted molar refractivity (Wildman–Crippen MR) is 110 cm³/mol. The number of anilines is 1. The third-order valence-corrected chi connectivity index (χ3v) is 5.56. The summed E-state index contributed by atoms with van der Waals surface area (Å²) in [5, 5.41) is 3.12. The summed E-state index contributed by atoms with van der Waals surface area (Å²) in [4.78, 5) is 15.6. The number of carbonyl (C=O) groups excluding carboxylic acids is 1. The summed E-state index contributed by atoms with van der Waals surface area (Å²) >= 11 is 0. The molecular weight excluding hydrogens is 352 g/mol. The van der Waals surface area contributed by atoms with Gasteiger partial charge in [0.15, 0.2) is 11.5 Å². The van der Waals surface area contributed by atoms with Gasteiger partial charge in [0.2, 0.25) is 12.7 Å². The number of fused-ring (bicyclic) bond motifs is 1. The Morgan fingerprint density at radius 1 is 0.929 bits per heavy atom. The molecule has 2 aliphatic heterocycles. The van der Waals surface area contributed by atoms with Crippen molar-refractivity contribution in [3.05, 3.63) is 53.6 Å². The second-order valence-electron chi connectivity index (χ2n) is 7.88. The highest BCUT2D eigenvalue weighted by atomic mass is 16.7. The Balaban J connectivity index is 1.58. The van der Waals surface area contributed by atoms with Crippen LogP contribution in [0.15, 0.2) is 42.5 Å². The number of benzene rings is 2. The molecule has 28 heavy (non-hydrogen) atoms. The molecule has 4 rings (SSSR count). The Bertz CT molecular complexity index is 826. The van der Waals surface area contributed by atoms with Gasteiger partial charge in [0.1, 0.15) is 6.04 Å². The van der Waals surface area contributed by atoms with Crippen LogP contribution >= 0.6 is 0 Å². The number of ether oxygens (including phenoxy) is 2. The number of nitrogens with one attached hydrogen (secondary N) is 1. The number of rotatable bonds is 5. The number of carbonyl (C=O) groups is 1. The van der Waals surface area contributed by atoms with Gasteiger partial charge in [0.25, 0.3) is 0 Å². The largest absolute Gasteiger partial charge is 0.454 e. The highest BCUT2D eigenvalue weighted by Gasteiger charge is 2.30. The van der Waals surface area contributed by atoms with Gasteiger partial charge in [-0.05, 0) is 67.2 Å². The molecule has 2 aliphatic rings. The van der Waals surface area contributed by atoms with Crippen molar-refractivity contribution in [2.24, 2.45) is 0 Å². The SMILES string of the molecule is CC(C)c1ccc(NC(=O)[C@@H](c2ccc3c(c2)OCO3)N2CCCCC2)cc1. The molecule has 1 atom stereocenters. The number of amides is 1. The molecule has 2 aromatic carbocycles. The van der Waals surface area contributed by atoms with Crippen molar-refractivity contribution >= 4 is 11.6 Å². The first kappa shape index (κ1) is 18.8. The van der Waals surface area contributed by atoms with Crippen molar-refractivity contribution in [3.8, 4) is 11.5 Å². The molecule has 1 amide bonds. The van der Waals surface area contributed by atoms with Gasteiger partial charge in [-0.1, -0.05) is 38.5 Å². The van der Waals surface area contributed by atoms with E-state index in [1.807, 2.05) is 30.3 Å². The Labute approximate surface area is 166 Å². The lowest BCUT2D eigenvalue weighted by atomic mass is 10.00. The number of likely N-dealkylation sites (tertiary alicyclic amines) is 1. The van der Waals surface area contributed by atoms with Crippen LogP contribution in [0.1, 0.15) is 56.2 Å². The molecule has 2 heterocycles. The van der Waals surface area contributed by atoms with E-state index in [1.54, 1.807) is 0 Å². The lowest BCUT2D eigenvalue weighted by molar-refractivity contribution is -0.122. The van der Waals surface area contributed by atoms with Crippen LogP contribution in [0, 0.1) is 0 Å². The molecule has 0 saturated carbocycles. The average molecular weight is 380 g/mol. The Kier molecular flexibility index (Phi) is 5.53. The number of hydrogen-bond donors (Lipinski definition) is 1. The lowest BCUT2D eigenvalue weighted by Gasteiger charge is -2.34. The van der Waals surface area contributed by atoms with E-state index in [2.05, 4.69) is 36.2 Å². The fourth-order valence-electron chi connectivity index (χ4n) is 3.95. The van der Waals surface area contributed by atoms with Gasteiger partial charge >= 0.3 is 0 Å². The first-order valence-electron chi connectivity index (χ1n) is 10.2. The Morgan fingerprint density at radius 2 is 1.61 bits per heavy atom. The van der Waals surface area contributed by atoms with Crippen molar-refractivity contribution in [1.29, 1.82) is 0 Å². The van der Waals surface area contributed by atoms with E-state index in [0.717, 1.165) is 42.9 Å². The summed E-state index contributed by atoms with van der Waals surface area (Å²) in [6.07, 6.45) is 3.47. The maximum absolute atomic E-state index is 13.3. The zero-order valence-corrected chi connectivity index (χ0v) is 16.6. The van der Waals surface area contributed by atoms with Crippen molar-refractivity contribution in [3.63, 3.8) is 0 Å². The normalized spacial score (nSPS) is 17.5. The van der Waals surface area contributed by atoms with Crippen LogP contribution in [0.2, 0.25) is 0 Å². The molecular formula is C23H28N2O3. The lowest BCUT2D eigenvalue weighted by Crippen LogP contribution is -2.40. The second kappa shape index (κ2) is 8.23. The van der Waals surface area contributed by atoms with Crippen molar-refractivity contribution in [1.82, 2.24) is 4.90 Å². The molecule has 5 heteroatoms. The molecule has 1 fully saturated rings. The molecule has 1 N–H and O–H groups in total.